The van der Waals surface area contributed by atoms with Gasteiger partial charge in [-0.15, -0.1) is 0 Å². The van der Waals surface area contributed by atoms with Gasteiger partial charge in [0, 0.05) is 48.7 Å². The minimum atomic E-state index is 0.733. The molecule has 146 valence electrons. The van der Waals surface area contributed by atoms with E-state index in [2.05, 4.69) is 41.2 Å². The van der Waals surface area contributed by atoms with Crippen LogP contribution in [0.2, 0.25) is 5.02 Å². The first-order chi connectivity index (χ1) is 13.6. The summed E-state index contributed by atoms with van der Waals surface area (Å²) in [7, 11) is 0. The molecule has 0 bridgehead atoms. The van der Waals surface area contributed by atoms with Crippen LogP contribution in [0.15, 0.2) is 42.6 Å². The molecule has 28 heavy (non-hydrogen) atoms. The molecule has 4 rings (SSSR count). The van der Waals surface area contributed by atoms with Crippen molar-refractivity contribution in [2.24, 2.45) is 0 Å². The molecular weight excluding hydrogens is 370 g/mol. The maximum Gasteiger partial charge on any atom is 0.128 e. The number of rotatable bonds is 6. The summed E-state index contributed by atoms with van der Waals surface area (Å²) in [6.07, 6.45) is 4.53. The summed E-state index contributed by atoms with van der Waals surface area (Å²) in [6.45, 7) is 7.99. The summed E-state index contributed by atoms with van der Waals surface area (Å²) >= 11 is 6.00. The zero-order chi connectivity index (χ0) is 19.5. The summed E-state index contributed by atoms with van der Waals surface area (Å²) in [6, 6.07) is 12.1. The number of hydrogen-bond acceptors (Lipinski definition) is 4. The normalized spacial score (nSPS) is 14.0. The number of nitrogens with one attached hydrogen (secondary N) is 1. The van der Waals surface area contributed by atoms with Gasteiger partial charge in [-0.05, 0) is 62.6 Å². The van der Waals surface area contributed by atoms with Crippen LogP contribution in [0.1, 0.15) is 35.4 Å². The van der Waals surface area contributed by atoms with Crippen LogP contribution in [0.4, 0.5) is 5.82 Å². The summed E-state index contributed by atoms with van der Waals surface area (Å²) in [5, 5.41) is 8.97. The standard InChI is InChI=1S/C22H26ClN5/c1-16-21(17(2)28(26-16)20-8-6-19(23)7-9-20)15-24-13-18-5-10-22(25-14-18)27-11-3-4-12-27/h5-10,14,24H,3-4,11-13,15H2,1-2H3. The quantitative estimate of drug-likeness (QED) is 0.670. The molecule has 0 saturated carbocycles. The third-order valence-electron chi connectivity index (χ3n) is 5.38. The van der Waals surface area contributed by atoms with Gasteiger partial charge in [-0.25, -0.2) is 9.67 Å². The lowest BCUT2D eigenvalue weighted by Gasteiger charge is -2.16. The molecule has 0 atom stereocenters. The predicted octanol–water partition coefficient (Wildman–Crippen LogP) is 4.43. The monoisotopic (exact) mass is 395 g/mol. The van der Waals surface area contributed by atoms with Crippen molar-refractivity contribution in [3.63, 3.8) is 0 Å². The molecule has 0 unspecified atom stereocenters. The minimum absolute atomic E-state index is 0.733. The first-order valence-corrected chi connectivity index (χ1v) is 10.2. The summed E-state index contributed by atoms with van der Waals surface area (Å²) in [5.41, 5.74) is 5.65. The van der Waals surface area contributed by atoms with Crippen LogP contribution >= 0.6 is 11.6 Å². The highest BCUT2D eigenvalue weighted by Crippen LogP contribution is 2.20. The Morgan fingerprint density at radius 3 is 2.43 bits per heavy atom. The second-order valence-electron chi connectivity index (χ2n) is 7.36. The smallest absolute Gasteiger partial charge is 0.128 e. The van der Waals surface area contributed by atoms with E-state index in [0.29, 0.717) is 0 Å². The van der Waals surface area contributed by atoms with Crippen LogP contribution in [-0.2, 0) is 13.1 Å². The fourth-order valence-corrected chi connectivity index (χ4v) is 3.88. The predicted molar refractivity (Wildman–Crippen MR) is 114 cm³/mol. The van der Waals surface area contributed by atoms with Crippen LogP contribution in [-0.4, -0.2) is 27.9 Å². The van der Waals surface area contributed by atoms with Crippen molar-refractivity contribution in [1.29, 1.82) is 0 Å². The molecule has 0 spiro atoms. The highest BCUT2D eigenvalue weighted by Gasteiger charge is 2.14. The van der Waals surface area contributed by atoms with E-state index in [1.807, 2.05) is 35.1 Å². The molecule has 0 amide bonds. The van der Waals surface area contributed by atoms with Crippen molar-refractivity contribution >= 4 is 17.4 Å². The maximum atomic E-state index is 6.00. The van der Waals surface area contributed by atoms with Crippen LogP contribution in [0.25, 0.3) is 5.69 Å². The largest absolute Gasteiger partial charge is 0.357 e. The third-order valence-corrected chi connectivity index (χ3v) is 5.63. The third kappa shape index (κ3) is 4.05. The van der Waals surface area contributed by atoms with Crippen LogP contribution in [0.5, 0.6) is 0 Å². The van der Waals surface area contributed by atoms with Gasteiger partial charge in [-0.1, -0.05) is 17.7 Å². The van der Waals surface area contributed by atoms with E-state index in [1.165, 1.54) is 24.0 Å². The van der Waals surface area contributed by atoms with Gasteiger partial charge in [0.05, 0.1) is 11.4 Å². The van der Waals surface area contributed by atoms with Crippen LogP contribution in [0, 0.1) is 13.8 Å². The molecular formula is C22H26ClN5. The SMILES string of the molecule is Cc1nn(-c2ccc(Cl)cc2)c(C)c1CNCc1ccc(N2CCCC2)nc1. The highest BCUT2D eigenvalue weighted by atomic mass is 35.5. The summed E-state index contributed by atoms with van der Waals surface area (Å²) < 4.78 is 1.98. The Morgan fingerprint density at radius 2 is 1.75 bits per heavy atom. The molecule has 5 nitrogen and oxygen atoms in total. The van der Waals surface area contributed by atoms with Crippen molar-refractivity contribution in [1.82, 2.24) is 20.1 Å². The maximum absolute atomic E-state index is 6.00. The van der Waals surface area contributed by atoms with Gasteiger partial charge in [-0.3, -0.25) is 0 Å². The molecule has 1 aromatic carbocycles. The number of pyridine rings is 1. The van der Waals surface area contributed by atoms with E-state index in [0.717, 1.165) is 54.1 Å². The number of aromatic nitrogens is 3. The van der Waals surface area contributed by atoms with Crippen molar-refractivity contribution in [2.75, 3.05) is 18.0 Å². The van der Waals surface area contributed by atoms with Crippen molar-refractivity contribution in [3.05, 3.63) is 70.1 Å². The van der Waals surface area contributed by atoms with Gasteiger partial charge < -0.3 is 10.2 Å². The fourth-order valence-electron chi connectivity index (χ4n) is 3.75. The first kappa shape index (κ1) is 19.0. The Hall–Kier alpha value is -2.37. The van der Waals surface area contributed by atoms with E-state index < -0.39 is 0 Å². The summed E-state index contributed by atoms with van der Waals surface area (Å²) in [5.74, 6) is 1.09. The van der Waals surface area contributed by atoms with Gasteiger partial charge in [-0.2, -0.15) is 5.10 Å². The number of nitrogens with zero attached hydrogens (tertiary/aromatic N) is 4. The number of anilines is 1. The molecule has 1 saturated heterocycles. The highest BCUT2D eigenvalue weighted by molar-refractivity contribution is 6.30. The molecule has 1 aliphatic heterocycles. The molecule has 1 fully saturated rings. The van der Waals surface area contributed by atoms with Crippen molar-refractivity contribution < 1.29 is 0 Å². The topological polar surface area (TPSA) is 46.0 Å². The van der Waals surface area contributed by atoms with Crippen LogP contribution < -0.4 is 10.2 Å². The molecule has 6 heteroatoms. The second kappa shape index (κ2) is 8.33. The van der Waals surface area contributed by atoms with Gasteiger partial charge in [0.25, 0.3) is 0 Å². The fraction of sp³-hybridized carbons (Fsp3) is 0.364. The number of aryl methyl sites for hydroxylation is 1. The van der Waals surface area contributed by atoms with Gasteiger partial charge >= 0.3 is 0 Å². The number of hydrogen-bond donors (Lipinski definition) is 1. The average molecular weight is 396 g/mol. The minimum Gasteiger partial charge on any atom is -0.357 e. The Kier molecular flexibility index (Phi) is 5.64. The lowest BCUT2D eigenvalue weighted by atomic mass is 10.2. The summed E-state index contributed by atoms with van der Waals surface area (Å²) in [4.78, 5) is 6.99. The zero-order valence-corrected chi connectivity index (χ0v) is 17.2. The van der Waals surface area contributed by atoms with Gasteiger partial charge in [0.2, 0.25) is 0 Å². The average Bonchev–Trinajstić information content (AvgIpc) is 3.33. The number of benzene rings is 1. The van der Waals surface area contributed by atoms with E-state index >= 15 is 0 Å². The Balaban J connectivity index is 1.39. The molecule has 1 N–H and O–H groups in total. The second-order valence-corrected chi connectivity index (χ2v) is 7.80. The Labute approximate surface area is 171 Å². The molecule has 3 aromatic rings. The molecule has 2 aromatic heterocycles. The van der Waals surface area contributed by atoms with Crippen LogP contribution in [0.3, 0.4) is 0 Å². The lowest BCUT2D eigenvalue weighted by molar-refractivity contribution is 0.685. The van der Waals surface area contributed by atoms with E-state index in [4.69, 9.17) is 16.7 Å². The zero-order valence-electron chi connectivity index (χ0n) is 16.5. The Bertz CT molecular complexity index is 925. The van der Waals surface area contributed by atoms with E-state index in [-0.39, 0.29) is 0 Å². The molecule has 1 aliphatic rings. The van der Waals surface area contributed by atoms with Crippen molar-refractivity contribution in [3.8, 4) is 5.69 Å². The van der Waals surface area contributed by atoms with Gasteiger partial charge in [0.15, 0.2) is 0 Å². The van der Waals surface area contributed by atoms with Crippen molar-refractivity contribution in [2.45, 2.75) is 39.8 Å². The number of halogens is 1. The Morgan fingerprint density at radius 1 is 1.00 bits per heavy atom. The van der Waals surface area contributed by atoms with E-state index in [1.54, 1.807) is 0 Å². The first-order valence-electron chi connectivity index (χ1n) is 9.83. The lowest BCUT2D eigenvalue weighted by Crippen LogP contribution is -2.19. The molecule has 0 aliphatic carbocycles. The van der Waals surface area contributed by atoms with Gasteiger partial charge in [0.1, 0.15) is 5.82 Å². The van der Waals surface area contributed by atoms with E-state index in [9.17, 15) is 0 Å². The molecule has 3 heterocycles. The molecule has 0 radical (unpaired) electrons.